The van der Waals surface area contributed by atoms with Crippen molar-refractivity contribution in [3.8, 4) is 11.5 Å². The number of benzene rings is 1. The fourth-order valence-corrected chi connectivity index (χ4v) is 1.89. The molecule has 0 radical (unpaired) electrons. The second-order valence-electron chi connectivity index (χ2n) is 3.92. The Morgan fingerprint density at radius 2 is 2.00 bits per heavy atom. The maximum absolute atomic E-state index is 5.61. The predicted molar refractivity (Wildman–Crippen MR) is 69.4 cm³/mol. The highest BCUT2D eigenvalue weighted by atomic mass is 35.5. The van der Waals surface area contributed by atoms with Crippen LogP contribution in [-0.4, -0.2) is 29.3 Å². The highest BCUT2D eigenvalue weighted by molar-refractivity contribution is 6.17. The van der Waals surface area contributed by atoms with E-state index < -0.39 is 0 Å². The molecule has 6 nitrogen and oxygen atoms in total. The van der Waals surface area contributed by atoms with Crippen LogP contribution in [0.25, 0.3) is 0 Å². The van der Waals surface area contributed by atoms with Gasteiger partial charge >= 0.3 is 6.01 Å². The molecule has 7 heteroatoms. The van der Waals surface area contributed by atoms with Crippen LogP contribution in [0.1, 0.15) is 5.89 Å². The summed E-state index contributed by atoms with van der Waals surface area (Å²) in [5.41, 5.74) is 0.797. The first kappa shape index (κ1) is 12.1. The molecule has 0 atom stereocenters. The fraction of sp³-hybridized carbons (Fsp3) is 0.333. The Labute approximate surface area is 114 Å². The molecule has 0 unspecified atom stereocenters. The van der Waals surface area contributed by atoms with Gasteiger partial charge < -0.3 is 19.2 Å². The van der Waals surface area contributed by atoms with E-state index in [-0.39, 0.29) is 0 Å². The van der Waals surface area contributed by atoms with E-state index >= 15 is 0 Å². The smallest absolute Gasteiger partial charge is 0.320 e. The van der Waals surface area contributed by atoms with Crippen molar-refractivity contribution in [2.24, 2.45) is 0 Å². The molecule has 1 aromatic carbocycles. The molecule has 1 N–H and O–H groups in total. The highest BCUT2D eigenvalue weighted by Crippen LogP contribution is 2.33. The first-order chi connectivity index (χ1) is 9.35. The Balaban J connectivity index is 1.75. The summed E-state index contributed by atoms with van der Waals surface area (Å²) < 4.78 is 16.3. The van der Waals surface area contributed by atoms with Gasteiger partial charge in [0.15, 0.2) is 11.5 Å². The van der Waals surface area contributed by atoms with Crippen molar-refractivity contribution in [3.63, 3.8) is 0 Å². The minimum Gasteiger partial charge on any atom is -0.486 e. The summed E-state index contributed by atoms with van der Waals surface area (Å²) in [5.74, 6) is 2.41. The quantitative estimate of drug-likeness (QED) is 0.868. The molecule has 0 aliphatic carbocycles. The topological polar surface area (TPSA) is 69.4 Å². The first-order valence-corrected chi connectivity index (χ1v) is 6.43. The zero-order valence-corrected chi connectivity index (χ0v) is 10.8. The Kier molecular flexibility index (Phi) is 3.41. The van der Waals surface area contributed by atoms with Crippen LogP contribution in [0, 0.1) is 0 Å². The Morgan fingerprint density at radius 3 is 2.84 bits per heavy atom. The molecule has 0 saturated heterocycles. The van der Waals surface area contributed by atoms with E-state index in [1.165, 1.54) is 0 Å². The molecule has 0 saturated carbocycles. The fourth-order valence-electron chi connectivity index (χ4n) is 1.73. The van der Waals surface area contributed by atoms with E-state index in [1.54, 1.807) is 0 Å². The summed E-state index contributed by atoms with van der Waals surface area (Å²) in [6.45, 7) is 1.13. The molecule has 1 aliphatic rings. The van der Waals surface area contributed by atoms with E-state index in [0.29, 0.717) is 43.2 Å². The SMILES string of the molecule is ClCCc1nnc(Nc2ccc3c(c2)OCCO3)o1. The van der Waals surface area contributed by atoms with Gasteiger partial charge in [-0.25, -0.2) is 0 Å². The minimum atomic E-state index is 0.330. The molecule has 2 aromatic rings. The number of nitrogens with zero attached hydrogens (tertiary/aromatic N) is 2. The monoisotopic (exact) mass is 281 g/mol. The van der Waals surface area contributed by atoms with Gasteiger partial charge in [-0.05, 0) is 12.1 Å². The van der Waals surface area contributed by atoms with Crippen molar-refractivity contribution in [1.29, 1.82) is 0 Å². The molecule has 0 bridgehead atoms. The second kappa shape index (κ2) is 5.36. The lowest BCUT2D eigenvalue weighted by molar-refractivity contribution is 0.171. The van der Waals surface area contributed by atoms with Crippen molar-refractivity contribution in [2.45, 2.75) is 6.42 Å². The number of fused-ring (bicyclic) bond motifs is 1. The standard InChI is InChI=1S/C12H12ClN3O3/c13-4-3-11-15-16-12(19-11)14-8-1-2-9-10(7-8)18-6-5-17-9/h1-2,7H,3-6H2,(H,14,16). The molecule has 0 spiro atoms. The van der Waals surface area contributed by atoms with Crippen LogP contribution in [0.15, 0.2) is 22.6 Å². The summed E-state index contributed by atoms with van der Waals surface area (Å²) in [5, 5.41) is 10.8. The van der Waals surface area contributed by atoms with Crippen LogP contribution in [0.2, 0.25) is 0 Å². The summed E-state index contributed by atoms with van der Waals surface area (Å²) in [4.78, 5) is 0. The van der Waals surface area contributed by atoms with Crippen LogP contribution in [-0.2, 0) is 6.42 Å². The van der Waals surface area contributed by atoms with Crippen LogP contribution >= 0.6 is 11.6 Å². The van der Waals surface area contributed by atoms with Crippen molar-refractivity contribution < 1.29 is 13.9 Å². The Morgan fingerprint density at radius 1 is 1.16 bits per heavy atom. The molecule has 0 amide bonds. The number of aryl methyl sites for hydroxylation is 1. The first-order valence-electron chi connectivity index (χ1n) is 5.90. The third kappa shape index (κ3) is 2.73. The van der Waals surface area contributed by atoms with Crippen molar-refractivity contribution in [3.05, 3.63) is 24.1 Å². The van der Waals surface area contributed by atoms with Gasteiger partial charge in [0.05, 0.1) is 0 Å². The van der Waals surface area contributed by atoms with Gasteiger partial charge in [0.1, 0.15) is 13.2 Å². The van der Waals surface area contributed by atoms with E-state index in [4.69, 9.17) is 25.5 Å². The number of rotatable bonds is 4. The maximum Gasteiger partial charge on any atom is 0.320 e. The molecule has 3 rings (SSSR count). The Hall–Kier alpha value is -1.95. The van der Waals surface area contributed by atoms with E-state index in [1.807, 2.05) is 18.2 Å². The zero-order valence-electron chi connectivity index (χ0n) is 10.1. The lowest BCUT2D eigenvalue weighted by Crippen LogP contribution is -2.15. The average molecular weight is 282 g/mol. The normalized spacial score (nSPS) is 13.3. The largest absolute Gasteiger partial charge is 0.486 e. The van der Waals surface area contributed by atoms with Gasteiger partial charge in [-0.3, -0.25) is 0 Å². The van der Waals surface area contributed by atoms with Crippen LogP contribution in [0.4, 0.5) is 11.7 Å². The number of aromatic nitrogens is 2. The number of nitrogens with one attached hydrogen (secondary N) is 1. The molecular formula is C12H12ClN3O3. The number of halogens is 1. The number of anilines is 2. The maximum atomic E-state index is 5.61. The van der Waals surface area contributed by atoms with E-state index in [0.717, 1.165) is 11.4 Å². The molecule has 100 valence electrons. The summed E-state index contributed by atoms with van der Waals surface area (Å²) >= 11 is 5.61. The third-order valence-electron chi connectivity index (χ3n) is 2.57. The van der Waals surface area contributed by atoms with Crippen LogP contribution in [0.5, 0.6) is 11.5 Å². The number of alkyl halides is 1. The summed E-state index contributed by atoms with van der Waals surface area (Å²) in [7, 11) is 0. The van der Waals surface area contributed by atoms with Gasteiger partial charge in [-0.15, -0.1) is 16.7 Å². The summed E-state index contributed by atoms with van der Waals surface area (Å²) in [6.07, 6.45) is 0.553. The Bertz CT molecular complexity index is 573. The number of ether oxygens (including phenoxy) is 2. The van der Waals surface area contributed by atoms with Gasteiger partial charge in [-0.2, -0.15) is 0 Å². The lowest BCUT2D eigenvalue weighted by Gasteiger charge is -2.18. The van der Waals surface area contributed by atoms with Gasteiger partial charge in [0.25, 0.3) is 0 Å². The van der Waals surface area contributed by atoms with Gasteiger partial charge in [0.2, 0.25) is 5.89 Å². The van der Waals surface area contributed by atoms with Gasteiger partial charge in [0, 0.05) is 24.1 Å². The van der Waals surface area contributed by atoms with E-state index in [9.17, 15) is 0 Å². The molecule has 1 aromatic heterocycles. The minimum absolute atomic E-state index is 0.330. The highest BCUT2D eigenvalue weighted by Gasteiger charge is 2.13. The number of hydrogen-bond acceptors (Lipinski definition) is 6. The number of hydrogen-bond donors (Lipinski definition) is 1. The van der Waals surface area contributed by atoms with Crippen molar-refractivity contribution in [1.82, 2.24) is 10.2 Å². The lowest BCUT2D eigenvalue weighted by atomic mass is 10.2. The van der Waals surface area contributed by atoms with Crippen molar-refractivity contribution >= 4 is 23.3 Å². The zero-order chi connectivity index (χ0) is 13.1. The third-order valence-corrected chi connectivity index (χ3v) is 2.76. The van der Waals surface area contributed by atoms with Crippen molar-refractivity contribution in [2.75, 3.05) is 24.4 Å². The summed E-state index contributed by atoms with van der Waals surface area (Å²) in [6, 6.07) is 5.86. The predicted octanol–water partition coefficient (Wildman–Crippen LogP) is 2.37. The molecule has 19 heavy (non-hydrogen) atoms. The van der Waals surface area contributed by atoms with Gasteiger partial charge in [-0.1, -0.05) is 5.10 Å². The van der Waals surface area contributed by atoms with Crippen LogP contribution < -0.4 is 14.8 Å². The average Bonchev–Trinajstić information content (AvgIpc) is 2.86. The molecular weight excluding hydrogens is 270 g/mol. The van der Waals surface area contributed by atoms with Crippen LogP contribution in [0.3, 0.4) is 0 Å². The molecule has 0 fully saturated rings. The molecule has 1 aliphatic heterocycles. The second-order valence-corrected chi connectivity index (χ2v) is 4.30. The molecule has 2 heterocycles. The van der Waals surface area contributed by atoms with E-state index in [2.05, 4.69) is 15.5 Å².